The highest BCUT2D eigenvalue weighted by Gasteiger charge is 2.24. The Balaban J connectivity index is 1.71. The monoisotopic (exact) mass is 310 g/mol. The van der Waals surface area contributed by atoms with E-state index in [0.717, 1.165) is 25.2 Å². The van der Waals surface area contributed by atoms with Crippen molar-refractivity contribution in [3.63, 3.8) is 0 Å². The number of aromatic nitrogens is 1. The van der Waals surface area contributed by atoms with Crippen molar-refractivity contribution in [1.29, 1.82) is 0 Å². The maximum absolute atomic E-state index is 5.96. The summed E-state index contributed by atoms with van der Waals surface area (Å²) in [4.78, 5) is 8.28. The number of thiophene rings is 1. The fraction of sp³-hybridized carbons (Fsp3) is 0.278. The molecule has 0 N–H and O–H groups in total. The van der Waals surface area contributed by atoms with Crippen LogP contribution in [0.1, 0.15) is 16.5 Å². The third-order valence-electron chi connectivity index (χ3n) is 4.22. The molecule has 1 aliphatic rings. The second-order valence-electron chi connectivity index (χ2n) is 5.62. The lowest BCUT2D eigenvalue weighted by Gasteiger charge is -2.34. The fourth-order valence-electron chi connectivity index (χ4n) is 3.10. The number of pyridine rings is 1. The quantitative estimate of drug-likeness (QED) is 0.710. The number of hydrogen-bond donors (Lipinski definition) is 0. The van der Waals surface area contributed by atoms with Crippen molar-refractivity contribution in [3.8, 4) is 0 Å². The van der Waals surface area contributed by atoms with Gasteiger partial charge in [-0.25, -0.2) is 0 Å². The molecule has 0 bridgehead atoms. The molecule has 0 amide bonds. The Morgan fingerprint density at radius 1 is 1.23 bits per heavy atom. The molecule has 4 heteroatoms. The number of ether oxygens (including phenoxy) is 1. The van der Waals surface area contributed by atoms with Crippen molar-refractivity contribution in [2.45, 2.75) is 13.0 Å². The number of para-hydroxylation sites is 1. The Morgan fingerprint density at radius 3 is 3.05 bits per heavy atom. The molecule has 1 saturated heterocycles. The zero-order chi connectivity index (χ0) is 14.9. The van der Waals surface area contributed by atoms with E-state index in [1.165, 1.54) is 21.5 Å². The summed E-state index contributed by atoms with van der Waals surface area (Å²) in [7, 11) is 0. The van der Waals surface area contributed by atoms with Gasteiger partial charge in [-0.05, 0) is 30.0 Å². The normalized spacial score (nSPS) is 18.8. The molecule has 4 rings (SSSR count). The topological polar surface area (TPSA) is 25.4 Å². The molecule has 0 saturated carbocycles. The van der Waals surface area contributed by atoms with Crippen LogP contribution in [0.3, 0.4) is 0 Å². The predicted octanol–water partition coefficient (Wildman–Crippen LogP) is 4.18. The van der Waals surface area contributed by atoms with Crippen LogP contribution >= 0.6 is 11.3 Å². The van der Waals surface area contributed by atoms with Gasteiger partial charge >= 0.3 is 0 Å². The molecule has 3 nitrogen and oxygen atoms in total. The Labute approximate surface area is 134 Å². The minimum Gasteiger partial charge on any atom is -0.369 e. The molecule has 22 heavy (non-hydrogen) atoms. The van der Waals surface area contributed by atoms with E-state index in [2.05, 4.69) is 58.6 Å². The van der Waals surface area contributed by atoms with Crippen molar-refractivity contribution >= 4 is 27.9 Å². The fourth-order valence-corrected chi connectivity index (χ4v) is 3.87. The van der Waals surface area contributed by atoms with Crippen molar-refractivity contribution in [2.75, 3.05) is 24.6 Å². The highest BCUT2D eigenvalue weighted by molar-refractivity contribution is 7.10. The van der Waals surface area contributed by atoms with Crippen LogP contribution in [0.2, 0.25) is 0 Å². The molecule has 1 unspecified atom stereocenters. The van der Waals surface area contributed by atoms with E-state index in [4.69, 9.17) is 4.74 Å². The zero-order valence-corrected chi connectivity index (χ0v) is 13.3. The van der Waals surface area contributed by atoms with Gasteiger partial charge in [0.1, 0.15) is 6.10 Å². The average molecular weight is 310 g/mol. The summed E-state index contributed by atoms with van der Waals surface area (Å²) in [5.41, 5.74) is 3.58. The predicted molar refractivity (Wildman–Crippen MR) is 91.7 cm³/mol. The molecule has 0 radical (unpaired) electrons. The van der Waals surface area contributed by atoms with Crippen molar-refractivity contribution in [3.05, 3.63) is 58.4 Å². The van der Waals surface area contributed by atoms with Crippen LogP contribution in [-0.2, 0) is 4.74 Å². The summed E-state index contributed by atoms with van der Waals surface area (Å²) in [6.45, 7) is 4.70. The van der Waals surface area contributed by atoms with Gasteiger partial charge in [-0.3, -0.25) is 4.98 Å². The summed E-state index contributed by atoms with van der Waals surface area (Å²) in [6.07, 6.45) is 2.09. The van der Waals surface area contributed by atoms with E-state index in [0.29, 0.717) is 0 Å². The van der Waals surface area contributed by atoms with Crippen LogP contribution in [-0.4, -0.2) is 24.7 Å². The molecular weight excluding hydrogens is 292 g/mol. The number of anilines is 1. The third kappa shape index (κ3) is 2.38. The van der Waals surface area contributed by atoms with E-state index in [1.54, 1.807) is 11.3 Å². The van der Waals surface area contributed by atoms with Crippen LogP contribution in [0.25, 0.3) is 10.9 Å². The highest BCUT2D eigenvalue weighted by atomic mass is 32.1. The van der Waals surface area contributed by atoms with E-state index >= 15 is 0 Å². The Hall–Kier alpha value is -1.91. The molecule has 3 aromatic rings. The summed E-state index contributed by atoms with van der Waals surface area (Å²) < 4.78 is 5.96. The standard InChI is InChI=1S/C18H18N2OS/c1-13-4-2-5-14-15(7-8-19-18(13)14)20-9-10-21-16(12-20)17-6-3-11-22-17/h2-8,11,16H,9-10,12H2,1H3. The van der Waals surface area contributed by atoms with Gasteiger partial charge in [0.15, 0.2) is 0 Å². The van der Waals surface area contributed by atoms with Gasteiger partial charge in [0.2, 0.25) is 0 Å². The molecule has 1 aliphatic heterocycles. The first-order valence-electron chi connectivity index (χ1n) is 7.57. The molecule has 3 heterocycles. The van der Waals surface area contributed by atoms with Gasteiger partial charge in [0, 0.05) is 35.2 Å². The van der Waals surface area contributed by atoms with E-state index in [1.807, 2.05) is 6.20 Å². The summed E-state index contributed by atoms with van der Waals surface area (Å²) >= 11 is 1.77. The molecular formula is C18H18N2OS. The van der Waals surface area contributed by atoms with Crippen LogP contribution in [0.4, 0.5) is 5.69 Å². The maximum Gasteiger partial charge on any atom is 0.109 e. The maximum atomic E-state index is 5.96. The number of nitrogens with zero attached hydrogens (tertiary/aromatic N) is 2. The van der Waals surface area contributed by atoms with Crippen molar-refractivity contribution < 1.29 is 4.74 Å². The van der Waals surface area contributed by atoms with E-state index < -0.39 is 0 Å². The lowest BCUT2D eigenvalue weighted by Crippen LogP contribution is -2.38. The second-order valence-corrected chi connectivity index (χ2v) is 6.60. The van der Waals surface area contributed by atoms with E-state index in [-0.39, 0.29) is 6.10 Å². The Morgan fingerprint density at radius 2 is 2.18 bits per heavy atom. The number of rotatable bonds is 2. The van der Waals surface area contributed by atoms with Crippen LogP contribution < -0.4 is 4.90 Å². The molecule has 0 spiro atoms. The summed E-state index contributed by atoms with van der Waals surface area (Å²) in [5.74, 6) is 0. The second kappa shape index (κ2) is 5.71. The lowest BCUT2D eigenvalue weighted by atomic mass is 10.1. The lowest BCUT2D eigenvalue weighted by molar-refractivity contribution is 0.0422. The Bertz CT molecular complexity index is 785. The van der Waals surface area contributed by atoms with E-state index in [9.17, 15) is 0 Å². The molecule has 1 fully saturated rings. The number of aryl methyl sites for hydroxylation is 1. The number of hydrogen-bond acceptors (Lipinski definition) is 4. The third-order valence-corrected chi connectivity index (χ3v) is 5.18. The minimum absolute atomic E-state index is 0.168. The van der Waals surface area contributed by atoms with Gasteiger partial charge in [-0.2, -0.15) is 0 Å². The summed E-state index contributed by atoms with van der Waals surface area (Å²) in [5, 5.41) is 3.34. The van der Waals surface area contributed by atoms with Gasteiger partial charge in [-0.15, -0.1) is 11.3 Å². The largest absolute Gasteiger partial charge is 0.369 e. The molecule has 0 aliphatic carbocycles. The van der Waals surface area contributed by atoms with Crippen molar-refractivity contribution in [1.82, 2.24) is 4.98 Å². The molecule has 1 atom stereocenters. The number of benzene rings is 1. The summed E-state index contributed by atoms with van der Waals surface area (Å²) in [6, 6.07) is 12.8. The number of fused-ring (bicyclic) bond motifs is 1. The van der Waals surface area contributed by atoms with Crippen molar-refractivity contribution in [2.24, 2.45) is 0 Å². The first kappa shape index (κ1) is 13.7. The number of morpholine rings is 1. The van der Waals surface area contributed by atoms with Crippen LogP contribution in [0, 0.1) is 6.92 Å². The highest BCUT2D eigenvalue weighted by Crippen LogP contribution is 2.32. The van der Waals surface area contributed by atoms with Gasteiger partial charge < -0.3 is 9.64 Å². The smallest absolute Gasteiger partial charge is 0.109 e. The first-order valence-corrected chi connectivity index (χ1v) is 8.45. The molecule has 112 valence electrons. The SMILES string of the molecule is Cc1cccc2c(N3CCOC(c4cccs4)C3)ccnc12. The van der Waals surface area contributed by atoms with Crippen LogP contribution in [0.5, 0.6) is 0 Å². The van der Waals surface area contributed by atoms with Gasteiger partial charge in [-0.1, -0.05) is 24.3 Å². The zero-order valence-electron chi connectivity index (χ0n) is 12.5. The molecule has 1 aromatic carbocycles. The first-order chi connectivity index (χ1) is 10.8. The average Bonchev–Trinajstić information content (AvgIpc) is 3.09. The Kier molecular flexibility index (Phi) is 3.56. The minimum atomic E-state index is 0.168. The molecule has 2 aromatic heterocycles. The van der Waals surface area contributed by atoms with Crippen LogP contribution in [0.15, 0.2) is 48.0 Å². The van der Waals surface area contributed by atoms with Gasteiger partial charge in [0.05, 0.1) is 12.1 Å². The van der Waals surface area contributed by atoms with Gasteiger partial charge in [0.25, 0.3) is 0 Å².